The molecule has 0 saturated heterocycles. The van der Waals surface area contributed by atoms with E-state index in [1.54, 1.807) is 12.1 Å². The van der Waals surface area contributed by atoms with Gasteiger partial charge in [0.15, 0.2) is 0 Å². The first-order valence-corrected chi connectivity index (χ1v) is 5.60. The number of benzene rings is 1. The maximum absolute atomic E-state index is 8.26. The van der Waals surface area contributed by atoms with Gasteiger partial charge in [-0.3, -0.25) is 0 Å². The van der Waals surface area contributed by atoms with Gasteiger partial charge in [0.1, 0.15) is 6.61 Å². The topological polar surface area (TPSA) is 70.0 Å². The highest BCUT2D eigenvalue weighted by Gasteiger charge is 2.00. The molecule has 0 aliphatic rings. The molecule has 17 heavy (non-hydrogen) atoms. The molecule has 0 unspecified atom stereocenters. The molecule has 0 aromatic heterocycles. The summed E-state index contributed by atoms with van der Waals surface area (Å²) in [6.07, 6.45) is 0. The fourth-order valence-corrected chi connectivity index (χ4v) is 1.43. The molecule has 0 spiro atoms. The largest absolute Gasteiger partial charge is 0.466 e. The number of hydrogen-bond acceptors (Lipinski definition) is 3. The van der Waals surface area contributed by atoms with Crippen molar-refractivity contribution in [2.45, 2.75) is 26.5 Å². The third-order valence-corrected chi connectivity index (χ3v) is 2.11. The van der Waals surface area contributed by atoms with Crippen molar-refractivity contribution in [2.24, 2.45) is 5.11 Å². The molecule has 0 saturated carbocycles. The highest BCUT2D eigenvalue weighted by molar-refractivity contribution is 7.80. The van der Waals surface area contributed by atoms with Gasteiger partial charge in [-0.2, -0.15) is 0 Å². The summed E-state index contributed by atoms with van der Waals surface area (Å²) in [4.78, 5) is 2.71. The maximum Gasteiger partial charge on any atom is 0.257 e. The number of nitrogens with zero attached hydrogens (tertiary/aromatic N) is 3. The summed E-state index contributed by atoms with van der Waals surface area (Å²) in [5.74, 6) is 0. The first-order chi connectivity index (χ1) is 8.11. The van der Waals surface area contributed by atoms with Crippen molar-refractivity contribution in [3.05, 3.63) is 40.3 Å². The molecular formula is C11H14N4OS. The second-order valence-corrected chi connectivity index (χ2v) is 4.10. The van der Waals surface area contributed by atoms with Crippen LogP contribution < -0.4 is 5.32 Å². The van der Waals surface area contributed by atoms with Crippen LogP contribution in [0, 0.1) is 0 Å². The van der Waals surface area contributed by atoms with Crippen molar-refractivity contribution in [3.8, 4) is 0 Å². The Hall–Kier alpha value is -1.78. The Morgan fingerprint density at radius 2 is 2.12 bits per heavy atom. The van der Waals surface area contributed by atoms with Crippen LogP contribution in [0.15, 0.2) is 29.4 Å². The monoisotopic (exact) mass is 250 g/mol. The standard InChI is InChI=1S/C11H14N4OS/c1-8(2)13-11(17)16-7-9-3-5-10(6-4-9)14-15-12/h3-6,8H,7H2,1-2H3,(H,13,17). The van der Waals surface area contributed by atoms with E-state index in [9.17, 15) is 0 Å². The lowest BCUT2D eigenvalue weighted by Crippen LogP contribution is -2.30. The van der Waals surface area contributed by atoms with Crippen molar-refractivity contribution in [3.63, 3.8) is 0 Å². The van der Waals surface area contributed by atoms with Gasteiger partial charge in [-0.15, -0.1) is 0 Å². The first-order valence-electron chi connectivity index (χ1n) is 5.19. The molecule has 90 valence electrons. The smallest absolute Gasteiger partial charge is 0.257 e. The zero-order valence-electron chi connectivity index (χ0n) is 9.75. The molecule has 0 atom stereocenters. The van der Waals surface area contributed by atoms with E-state index >= 15 is 0 Å². The molecule has 0 amide bonds. The van der Waals surface area contributed by atoms with Crippen LogP contribution in [0.2, 0.25) is 0 Å². The van der Waals surface area contributed by atoms with Gasteiger partial charge in [0.2, 0.25) is 0 Å². The van der Waals surface area contributed by atoms with Gasteiger partial charge < -0.3 is 10.1 Å². The molecule has 1 N–H and O–H groups in total. The Bertz CT molecular complexity index is 424. The Balaban J connectivity index is 2.47. The third-order valence-electron chi connectivity index (χ3n) is 1.87. The van der Waals surface area contributed by atoms with Crippen molar-refractivity contribution in [2.75, 3.05) is 0 Å². The van der Waals surface area contributed by atoms with Crippen LogP contribution in [-0.2, 0) is 11.3 Å². The van der Waals surface area contributed by atoms with E-state index < -0.39 is 0 Å². The Kier molecular flexibility index (Phi) is 5.26. The molecule has 6 heteroatoms. The van der Waals surface area contributed by atoms with Gasteiger partial charge in [-0.05, 0) is 37.2 Å². The Morgan fingerprint density at radius 3 is 2.65 bits per heavy atom. The van der Waals surface area contributed by atoms with E-state index in [0.29, 0.717) is 17.5 Å². The molecule has 0 aliphatic carbocycles. The van der Waals surface area contributed by atoms with E-state index in [0.717, 1.165) is 5.56 Å². The lowest BCUT2D eigenvalue weighted by molar-refractivity contribution is 0.283. The first kappa shape index (κ1) is 13.3. The lowest BCUT2D eigenvalue weighted by Gasteiger charge is -2.12. The third kappa shape index (κ3) is 5.19. The molecule has 0 radical (unpaired) electrons. The minimum Gasteiger partial charge on any atom is -0.466 e. The van der Waals surface area contributed by atoms with Gasteiger partial charge in [-0.1, -0.05) is 29.4 Å². The molecular weight excluding hydrogens is 236 g/mol. The Labute approximate surface area is 105 Å². The summed E-state index contributed by atoms with van der Waals surface area (Å²) in [6.45, 7) is 4.38. The van der Waals surface area contributed by atoms with Gasteiger partial charge >= 0.3 is 0 Å². The predicted molar refractivity (Wildman–Crippen MR) is 70.9 cm³/mol. The Morgan fingerprint density at radius 1 is 1.47 bits per heavy atom. The van der Waals surface area contributed by atoms with Crippen LogP contribution in [0.1, 0.15) is 19.4 Å². The molecule has 1 aromatic carbocycles. The fourth-order valence-electron chi connectivity index (χ4n) is 1.14. The number of rotatable bonds is 4. The summed E-state index contributed by atoms with van der Waals surface area (Å²) >= 11 is 5.00. The number of ether oxygens (including phenoxy) is 1. The SMILES string of the molecule is CC(C)NC(=S)OCc1ccc(N=[N+]=[N-])cc1. The summed E-state index contributed by atoms with van der Waals surface area (Å²) < 4.78 is 5.36. The van der Waals surface area contributed by atoms with Crippen LogP contribution in [0.5, 0.6) is 0 Å². The van der Waals surface area contributed by atoms with Crippen LogP contribution >= 0.6 is 12.2 Å². The average molecular weight is 250 g/mol. The molecule has 1 aromatic rings. The summed E-state index contributed by atoms with van der Waals surface area (Å²) in [5.41, 5.74) is 9.81. The zero-order chi connectivity index (χ0) is 12.7. The van der Waals surface area contributed by atoms with Gasteiger partial charge in [0.25, 0.3) is 5.17 Å². The normalized spacial score (nSPS) is 9.59. The zero-order valence-corrected chi connectivity index (χ0v) is 10.6. The quantitative estimate of drug-likeness (QED) is 0.385. The molecule has 0 aliphatic heterocycles. The van der Waals surface area contributed by atoms with Crippen LogP contribution in [0.3, 0.4) is 0 Å². The van der Waals surface area contributed by atoms with Crippen molar-refractivity contribution in [1.29, 1.82) is 0 Å². The number of nitrogens with one attached hydrogen (secondary N) is 1. The molecule has 0 bridgehead atoms. The highest BCUT2D eigenvalue weighted by Crippen LogP contribution is 2.13. The highest BCUT2D eigenvalue weighted by atomic mass is 32.1. The van der Waals surface area contributed by atoms with Crippen LogP contribution in [-0.4, -0.2) is 11.2 Å². The van der Waals surface area contributed by atoms with Crippen molar-refractivity contribution >= 4 is 23.1 Å². The average Bonchev–Trinajstić information content (AvgIpc) is 2.28. The second-order valence-electron chi connectivity index (χ2n) is 3.73. The predicted octanol–water partition coefficient (Wildman–Crippen LogP) is 3.43. The van der Waals surface area contributed by atoms with Crippen LogP contribution in [0.25, 0.3) is 10.4 Å². The van der Waals surface area contributed by atoms with Gasteiger partial charge in [0, 0.05) is 16.6 Å². The van der Waals surface area contributed by atoms with E-state index in [1.807, 2.05) is 26.0 Å². The van der Waals surface area contributed by atoms with Gasteiger partial charge in [-0.25, -0.2) is 0 Å². The maximum atomic E-state index is 8.26. The van der Waals surface area contributed by atoms with Crippen molar-refractivity contribution in [1.82, 2.24) is 5.32 Å². The van der Waals surface area contributed by atoms with E-state index in [-0.39, 0.29) is 6.04 Å². The molecule has 0 fully saturated rings. The van der Waals surface area contributed by atoms with E-state index in [1.165, 1.54) is 0 Å². The number of hydrogen-bond donors (Lipinski definition) is 1. The number of thiocarbonyl (C=S) groups is 1. The van der Waals surface area contributed by atoms with E-state index in [4.69, 9.17) is 22.5 Å². The molecule has 5 nitrogen and oxygen atoms in total. The summed E-state index contributed by atoms with van der Waals surface area (Å²) in [7, 11) is 0. The number of azide groups is 1. The second kappa shape index (κ2) is 6.73. The summed E-state index contributed by atoms with van der Waals surface area (Å²) in [5, 5.41) is 6.86. The fraction of sp³-hybridized carbons (Fsp3) is 0.364. The van der Waals surface area contributed by atoms with E-state index in [2.05, 4.69) is 15.3 Å². The minimum atomic E-state index is 0.259. The van der Waals surface area contributed by atoms with Crippen LogP contribution in [0.4, 0.5) is 5.69 Å². The van der Waals surface area contributed by atoms with Gasteiger partial charge in [0.05, 0.1) is 0 Å². The minimum absolute atomic E-state index is 0.259. The molecule has 0 heterocycles. The van der Waals surface area contributed by atoms with Crippen molar-refractivity contribution < 1.29 is 4.74 Å². The lowest BCUT2D eigenvalue weighted by atomic mass is 10.2. The summed E-state index contributed by atoms with van der Waals surface area (Å²) in [6, 6.07) is 7.40. The molecule has 1 rings (SSSR count).